The molecule has 1 aromatic carbocycles. The molecule has 1 nitrogen and oxygen atoms in total. The quantitative estimate of drug-likeness (QED) is 0.759. The Morgan fingerprint density at radius 3 is 2.56 bits per heavy atom. The van der Waals surface area contributed by atoms with E-state index in [9.17, 15) is 8.78 Å². The average molecular weight is 255 g/mol. The van der Waals surface area contributed by atoms with E-state index in [4.69, 9.17) is 0 Å². The second-order valence-electron chi connectivity index (χ2n) is 4.90. The summed E-state index contributed by atoms with van der Waals surface area (Å²) < 4.78 is 27.1. The number of nitrogens with one attached hydrogen (secondary N) is 1. The summed E-state index contributed by atoms with van der Waals surface area (Å²) in [5.41, 5.74) is 0.448. The Kier molecular flexibility index (Phi) is 6.27. The maximum Gasteiger partial charge on any atom is 0.163 e. The molecule has 0 fully saturated rings. The average Bonchev–Trinajstić information content (AvgIpc) is 2.37. The molecule has 18 heavy (non-hydrogen) atoms. The molecule has 2 atom stereocenters. The number of hydrogen-bond donors (Lipinski definition) is 1. The molecule has 0 aliphatic carbocycles. The first-order chi connectivity index (χ1) is 8.60. The Labute approximate surface area is 109 Å². The van der Waals surface area contributed by atoms with Crippen LogP contribution in [-0.2, 0) is 0 Å². The van der Waals surface area contributed by atoms with Crippen LogP contribution in [0.5, 0.6) is 0 Å². The minimum absolute atomic E-state index is 0.101. The second kappa shape index (κ2) is 7.47. The van der Waals surface area contributed by atoms with E-state index in [1.807, 2.05) is 0 Å². The van der Waals surface area contributed by atoms with E-state index in [1.54, 1.807) is 12.1 Å². The van der Waals surface area contributed by atoms with E-state index < -0.39 is 11.6 Å². The molecule has 0 heterocycles. The minimum Gasteiger partial charge on any atom is -0.310 e. The molecular weight excluding hydrogens is 232 g/mol. The number of halogens is 2. The van der Waals surface area contributed by atoms with Crippen molar-refractivity contribution in [3.63, 3.8) is 0 Å². The summed E-state index contributed by atoms with van der Waals surface area (Å²) in [6, 6.07) is 4.31. The predicted molar refractivity (Wildman–Crippen MR) is 71.5 cm³/mol. The molecule has 0 aliphatic heterocycles. The van der Waals surface area contributed by atoms with Gasteiger partial charge in [0.15, 0.2) is 11.6 Å². The zero-order chi connectivity index (χ0) is 13.5. The Balaban J connectivity index is 2.90. The topological polar surface area (TPSA) is 12.0 Å². The molecular formula is C15H23F2N. The van der Waals surface area contributed by atoms with Crippen molar-refractivity contribution >= 4 is 0 Å². The van der Waals surface area contributed by atoms with E-state index in [2.05, 4.69) is 26.1 Å². The molecule has 0 aliphatic rings. The van der Waals surface area contributed by atoms with Gasteiger partial charge in [0.1, 0.15) is 0 Å². The Morgan fingerprint density at radius 1 is 1.22 bits per heavy atom. The molecule has 0 saturated heterocycles. The molecule has 1 N–H and O–H groups in total. The van der Waals surface area contributed by atoms with Crippen LogP contribution in [-0.4, -0.2) is 6.54 Å². The lowest BCUT2D eigenvalue weighted by atomic mass is 9.93. The molecule has 0 saturated carbocycles. The fourth-order valence-corrected chi connectivity index (χ4v) is 2.00. The highest BCUT2D eigenvalue weighted by Gasteiger charge is 2.19. The van der Waals surface area contributed by atoms with Gasteiger partial charge < -0.3 is 5.32 Å². The SMILES string of the molecule is CCCNC(CC(C)CC)c1cccc(F)c1F. The van der Waals surface area contributed by atoms with Gasteiger partial charge in [-0.15, -0.1) is 0 Å². The third-order valence-corrected chi connectivity index (χ3v) is 3.33. The van der Waals surface area contributed by atoms with Gasteiger partial charge in [0, 0.05) is 11.6 Å². The molecule has 0 spiro atoms. The Hall–Kier alpha value is -0.960. The van der Waals surface area contributed by atoms with Gasteiger partial charge in [-0.25, -0.2) is 8.78 Å². The van der Waals surface area contributed by atoms with Gasteiger partial charge >= 0.3 is 0 Å². The standard InChI is InChI=1S/C15H23F2N/c1-4-9-18-14(10-11(3)5-2)12-7-6-8-13(16)15(12)17/h6-8,11,14,18H,4-5,9-10H2,1-3H3. The van der Waals surface area contributed by atoms with E-state index in [0.717, 1.165) is 25.8 Å². The zero-order valence-corrected chi connectivity index (χ0v) is 11.5. The third kappa shape index (κ3) is 4.05. The summed E-state index contributed by atoms with van der Waals surface area (Å²) in [6.07, 6.45) is 2.85. The summed E-state index contributed by atoms with van der Waals surface area (Å²) >= 11 is 0. The van der Waals surface area contributed by atoms with Crippen LogP contribution in [0.3, 0.4) is 0 Å². The lowest BCUT2D eigenvalue weighted by Gasteiger charge is -2.22. The molecule has 2 unspecified atom stereocenters. The highest BCUT2D eigenvalue weighted by molar-refractivity contribution is 5.22. The molecule has 1 rings (SSSR count). The molecule has 0 amide bonds. The maximum absolute atomic E-state index is 13.8. The zero-order valence-electron chi connectivity index (χ0n) is 11.5. The Bertz CT molecular complexity index is 366. The van der Waals surface area contributed by atoms with E-state index in [0.29, 0.717) is 11.5 Å². The van der Waals surface area contributed by atoms with Crippen LogP contribution in [0.2, 0.25) is 0 Å². The summed E-state index contributed by atoms with van der Waals surface area (Å²) in [6.45, 7) is 7.13. The predicted octanol–water partition coefficient (Wildman–Crippen LogP) is 4.44. The fraction of sp³-hybridized carbons (Fsp3) is 0.600. The second-order valence-corrected chi connectivity index (χ2v) is 4.90. The van der Waals surface area contributed by atoms with Crippen LogP contribution < -0.4 is 5.32 Å². The van der Waals surface area contributed by atoms with Gasteiger partial charge in [-0.3, -0.25) is 0 Å². The number of hydrogen-bond acceptors (Lipinski definition) is 1. The minimum atomic E-state index is -0.764. The normalized spacial score (nSPS) is 14.5. The van der Waals surface area contributed by atoms with Gasteiger partial charge in [-0.1, -0.05) is 39.3 Å². The fourth-order valence-electron chi connectivity index (χ4n) is 2.00. The van der Waals surface area contributed by atoms with E-state index in [-0.39, 0.29) is 6.04 Å². The van der Waals surface area contributed by atoms with Gasteiger partial charge in [0.25, 0.3) is 0 Å². The van der Waals surface area contributed by atoms with E-state index in [1.165, 1.54) is 6.07 Å². The lowest BCUT2D eigenvalue weighted by molar-refractivity contribution is 0.385. The van der Waals surface area contributed by atoms with Crippen molar-refractivity contribution in [3.8, 4) is 0 Å². The van der Waals surface area contributed by atoms with Crippen LogP contribution in [0.15, 0.2) is 18.2 Å². The van der Waals surface area contributed by atoms with Crippen LogP contribution in [0.1, 0.15) is 51.6 Å². The van der Waals surface area contributed by atoms with Crippen molar-refractivity contribution in [2.75, 3.05) is 6.54 Å². The van der Waals surface area contributed by atoms with Crippen LogP contribution >= 0.6 is 0 Å². The molecule has 0 bridgehead atoms. The Morgan fingerprint density at radius 2 is 1.94 bits per heavy atom. The molecule has 3 heteroatoms. The maximum atomic E-state index is 13.8. The largest absolute Gasteiger partial charge is 0.310 e. The van der Waals surface area contributed by atoms with Crippen molar-refractivity contribution in [3.05, 3.63) is 35.4 Å². The molecule has 0 radical (unpaired) electrons. The van der Waals surface area contributed by atoms with E-state index >= 15 is 0 Å². The lowest BCUT2D eigenvalue weighted by Crippen LogP contribution is -2.25. The van der Waals surface area contributed by atoms with Crippen molar-refractivity contribution in [2.24, 2.45) is 5.92 Å². The smallest absolute Gasteiger partial charge is 0.163 e. The highest BCUT2D eigenvalue weighted by atomic mass is 19.2. The first-order valence-electron chi connectivity index (χ1n) is 6.77. The van der Waals surface area contributed by atoms with Gasteiger partial charge in [-0.2, -0.15) is 0 Å². The molecule has 0 aromatic heterocycles. The molecule has 1 aromatic rings. The summed E-state index contributed by atoms with van der Waals surface area (Å²) in [5.74, 6) is -0.989. The first-order valence-corrected chi connectivity index (χ1v) is 6.77. The van der Waals surface area contributed by atoms with Gasteiger partial charge in [0.2, 0.25) is 0 Å². The van der Waals surface area contributed by atoms with Crippen LogP contribution in [0.4, 0.5) is 8.78 Å². The summed E-state index contributed by atoms with van der Waals surface area (Å²) in [7, 11) is 0. The monoisotopic (exact) mass is 255 g/mol. The van der Waals surface area contributed by atoms with Gasteiger partial charge in [-0.05, 0) is 31.4 Å². The van der Waals surface area contributed by atoms with Crippen molar-refractivity contribution in [2.45, 2.75) is 46.1 Å². The summed E-state index contributed by atoms with van der Waals surface area (Å²) in [5, 5.41) is 3.31. The summed E-state index contributed by atoms with van der Waals surface area (Å²) in [4.78, 5) is 0. The number of benzene rings is 1. The van der Waals surface area contributed by atoms with Crippen molar-refractivity contribution in [1.29, 1.82) is 0 Å². The van der Waals surface area contributed by atoms with Gasteiger partial charge in [0.05, 0.1) is 0 Å². The van der Waals surface area contributed by atoms with Crippen molar-refractivity contribution < 1.29 is 8.78 Å². The first kappa shape index (κ1) is 15.1. The van der Waals surface area contributed by atoms with Crippen molar-refractivity contribution in [1.82, 2.24) is 5.32 Å². The number of rotatable bonds is 7. The molecule has 102 valence electrons. The van der Waals surface area contributed by atoms with Crippen LogP contribution in [0.25, 0.3) is 0 Å². The third-order valence-electron chi connectivity index (χ3n) is 3.33. The highest BCUT2D eigenvalue weighted by Crippen LogP contribution is 2.26. The van der Waals surface area contributed by atoms with Crippen LogP contribution in [0, 0.1) is 17.6 Å².